The van der Waals surface area contributed by atoms with E-state index >= 15 is 0 Å². The topological polar surface area (TPSA) is 67.9 Å². The van der Waals surface area contributed by atoms with E-state index in [1.165, 1.54) is 12.7 Å². The fourth-order valence-electron chi connectivity index (χ4n) is 3.18. The van der Waals surface area contributed by atoms with E-state index in [2.05, 4.69) is 25.2 Å². The third-order valence-electron chi connectivity index (χ3n) is 4.62. The van der Waals surface area contributed by atoms with Crippen molar-refractivity contribution in [3.63, 3.8) is 0 Å². The third kappa shape index (κ3) is 4.51. The maximum absolute atomic E-state index is 12.4. The fraction of sp³-hybridized carbons (Fsp3) is 0.579. The molecule has 1 heterocycles. The van der Waals surface area contributed by atoms with Gasteiger partial charge in [0.2, 0.25) is 0 Å². The highest BCUT2D eigenvalue weighted by atomic mass is 16.6. The fourth-order valence-corrected chi connectivity index (χ4v) is 3.18. The van der Waals surface area contributed by atoms with Gasteiger partial charge in [-0.1, -0.05) is 38.1 Å². The van der Waals surface area contributed by atoms with Gasteiger partial charge in [-0.3, -0.25) is 0 Å². The molecule has 6 nitrogen and oxygen atoms in total. The summed E-state index contributed by atoms with van der Waals surface area (Å²) in [6.45, 7) is 5.40. The van der Waals surface area contributed by atoms with Crippen LogP contribution in [-0.4, -0.2) is 49.8 Å². The highest BCUT2D eigenvalue weighted by Crippen LogP contribution is 2.26. The molecule has 1 aliphatic heterocycles. The van der Waals surface area contributed by atoms with Gasteiger partial charge >= 0.3 is 12.0 Å². The maximum atomic E-state index is 12.4. The SMILES string of the molecule is COC(=O)C1(CNC(=O)N(C)Cc2ccccc2C(C)C)CCCO1. The predicted octanol–water partition coefficient (Wildman–Crippen LogP) is 2.67. The van der Waals surface area contributed by atoms with E-state index < -0.39 is 11.6 Å². The van der Waals surface area contributed by atoms with Gasteiger partial charge in [0.15, 0.2) is 5.60 Å². The van der Waals surface area contributed by atoms with E-state index in [0.717, 1.165) is 12.0 Å². The number of carbonyl (C=O) groups excluding carboxylic acids is 2. The lowest BCUT2D eigenvalue weighted by Gasteiger charge is -2.27. The van der Waals surface area contributed by atoms with Crippen molar-refractivity contribution in [2.24, 2.45) is 0 Å². The van der Waals surface area contributed by atoms with E-state index in [9.17, 15) is 9.59 Å². The van der Waals surface area contributed by atoms with Crippen LogP contribution in [0.1, 0.15) is 43.7 Å². The number of esters is 1. The molecule has 0 aromatic heterocycles. The van der Waals surface area contributed by atoms with Crippen molar-refractivity contribution in [1.82, 2.24) is 10.2 Å². The van der Waals surface area contributed by atoms with Crippen molar-refractivity contribution in [2.75, 3.05) is 27.3 Å². The summed E-state index contributed by atoms with van der Waals surface area (Å²) in [5.74, 6) is -0.0414. The summed E-state index contributed by atoms with van der Waals surface area (Å²) in [6.07, 6.45) is 1.34. The first-order valence-corrected chi connectivity index (χ1v) is 8.69. The molecule has 1 aromatic carbocycles. The third-order valence-corrected chi connectivity index (χ3v) is 4.62. The number of benzene rings is 1. The molecule has 1 unspecified atom stereocenters. The van der Waals surface area contributed by atoms with Crippen LogP contribution in [0.25, 0.3) is 0 Å². The molecular formula is C19H28N2O4. The molecule has 1 fully saturated rings. The van der Waals surface area contributed by atoms with Crippen LogP contribution in [0, 0.1) is 0 Å². The number of amides is 2. The van der Waals surface area contributed by atoms with Gasteiger partial charge in [-0.25, -0.2) is 9.59 Å². The smallest absolute Gasteiger partial charge is 0.339 e. The standard InChI is InChI=1S/C19H28N2O4/c1-14(2)16-9-6-5-8-15(16)12-21(3)18(23)20-13-19(17(22)24-4)10-7-11-25-19/h5-6,8-9,14H,7,10-13H2,1-4H3,(H,20,23). The van der Waals surface area contributed by atoms with E-state index in [4.69, 9.17) is 9.47 Å². The number of carbonyl (C=O) groups is 2. The van der Waals surface area contributed by atoms with Gasteiger partial charge in [0.25, 0.3) is 0 Å². The van der Waals surface area contributed by atoms with Crippen molar-refractivity contribution in [2.45, 2.75) is 44.8 Å². The number of hydrogen-bond donors (Lipinski definition) is 1. The molecule has 0 aliphatic carbocycles. The zero-order valence-corrected chi connectivity index (χ0v) is 15.5. The molecule has 1 aliphatic rings. The minimum Gasteiger partial charge on any atom is -0.467 e. The van der Waals surface area contributed by atoms with Crippen molar-refractivity contribution >= 4 is 12.0 Å². The van der Waals surface area contributed by atoms with Crippen molar-refractivity contribution in [3.05, 3.63) is 35.4 Å². The number of nitrogens with one attached hydrogen (secondary N) is 1. The summed E-state index contributed by atoms with van der Waals surface area (Å²) in [4.78, 5) is 26.1. The second-order valence-corrected chi connectivity index (χ2v) is 6.81. The molecule has 1 saturated heterocycles. The molecule has 1 N–H and O–H groups in total. The van der Waals surface area contributed by atoms with Gasteiger partial charge in [0, 0.05) is 20.2 Å². The Bertz CT molecular complexity index is 609. The van der Waals surface area contributed by atoms with E-state index in [0.29, 0.717) is 25.5 Å². The van der Waals surface area contributed by atoms with E-state index in [1.54, 1.807) is 11.9 Å². The number of methoxy groups -OCH3 is 1. The first-order valence-electron chi connectivity index (χ1n) is 8.69. The molecule has 1 aromatic rings. The second kappa shape index (κ2) is 8.34. The van der Waals surface area contributed by atoms with Crippen LogP contribution >= 0.6 is 0 Å². The Morgan fingerprint density at radius 3 is 2.68 bits per heavy atom. The van der Waals surface area contributed by atoms with Crippen LogP contribution < -0.4 is 5.32 Å². The zero-order chi connectivity index (χ0) is 18.4. The number of nitrogens with zero attached hydrogens (tertiary/aromatic N) is 1. The number of hydrogen-bond acceptors (Lipinski definition) is 4. The Morgan fingerprint density at radius 1 is 1.36 bits per heavy atom. The van der Waals surface area contributed by atoms with Crippen LogP contribution in [0.3, 0.4) is 0 Å². The Labute approximate surface area is 149 Å². The Morgan fingerprint density at radius 2 is 2.08 bits per heavy atom. The highest BCUT2D eigenvalue weighted by Gasteiger charge is 2.44. The van der Waals surface area contributed by atoms with Crippen molar-refractivity contribution < 1.29 is 19.1 Å². The number of urea groups is 1. The number of rotatable bonds is 6. The Balaban J connectivity index is 1.98. The molecule has 0 spiro atoms. The second-order valence-electron chi connectivity index (χ2n) is 6.81. The van der Waals surface area contributed by atoms with Crippen LogP contribution in [0.4, 0.5) is 4.79 Å². The molecule has 25 heavy (non-hydrogen) atoms. The first-order chi connectivity index (χ1) is 11.9. The molecule has 138 valence electrons. The van der Waals surface area contributed by atoms with Crippen molar-refractivity contribution in [1.29, 1.82) is 0 Å². The summed E-state index contributed by atoms with van der Waals surface area (Å²) in [5, 5.41) is 2.81. The first kappa shape index (κ1) is 19.2. The number of ether oxygens (including phenoxy) is 2. The molecule has 0 saturated carbocycles. The maximum Gasteiger partial charge on any atom is 0.339 e. The minimum atomic E-state index is -1.05. The van der Waals surface area contributed by atoms with Crippen molar-refractivity contribution in [3.8, 4) is 0 Å². The van der Waals surface area contributed by atoms with E-state index in [1.807, 2.05) is 18.2 Å². The van der Waals surface area contributed by atoms with Gasteiger partial charge in [-0.05, 0) is 29.9 Å². The molecule has 1 atom stereocenters. The van der Waals surface area contributed by atoms with Gasteiger partial charge in [0.05, 0.1) is 13.7 Å². The predicted molar refractivity (Wildman–Crippen MR) is 95.3 cm³/mol. The summed E-state index contributed by atoms with van der Waals surface area (Å²) in [6, 6.07) is 7.87. The summed E-state index contributed by atoms with van der Waals surface area (Å²) >= 11 is 0. The van der Waals surface area contributed by atoms with Crippen LogP contribution in [0.15, 0.2) is 24.3 Å². The molecule has 2 amide bonds. The highest BCUT2D eigenvalue weighted by molar-refractivity contribution is 5.82. The molecule has 6 heteroatoms. The lowest BCUT2D eigenvalue weighted by atomic mass is 9.97. The van der Waals surface area contributed by atoms with Gasteiger partial charge in [-0.15, -0.1) is 0 Å². The molecule has 0 bridgehead atoms. The summed E-state index contributed by atoms with van der Waals surface area (Å²) < 4.78 is 10.4. The summed E-state index contributed by atoms with van der Waals surface area (Å²) in [5.41, 5.74) is 1.29. The zero-order valence-electron chi connectivity index (χ0n) is 15.5. The largest absolute Gasteiger partial charge is 0.467 e. The molecular weight excluding hydrogens is 320 g/mol. The Kier molecular flexibility index (Phi) is 6.42. The molecule has 0 radical (unpaired) electrons. The van der Waals surface area contributed by atoms with E-state index in [-0.39, 0.29) is 12.6 Å². The van der Waals surface area contributed by atoms with Gasteiger partial charge in [0.1, 0.15) is 0 Å². The average molecular weight is 348 g/mol. The normalized spacial score (nSPS) is 19.7. The van der Waals surface area contributed by atoms with Gasteiger partial charge < -0.3 is 19.7 Å². The summed E-state index contributed by atoms with van der Waals surface area (Å²) in [7, 11) is 3.08. The van der Waals surface area contributed by atoms with Gasteiger partial charge in [-0.2, -0.15) is 0 Å². The minimum absolute atomic E-state index is 0.120. The lowest BCUT2D eigenvalue weighted by Crippen LogP contribution is -2.51. The van der Waals surface area contributed by atoms with Crippen LogP contribution in [0.5, 0.6) is 0 Å². The Hall–Kier alpha value is -2.08. The monoisotopic (exact) mass is 348 g/mol. The van der Waals surface area contributed by atoms with Crippen LogP contribution in [0.2, 0.25) is 0 Å². The lowest BCUT2D eigenvalue weighted by molar-refractivity contribution is -0.163. The quantitative estimate of drug-likeness (QED) is 0.803. The van der Waals surface area contributed by atoms with Crippen LogP contribution in [-0.2, 0) is 20.8 Å². The molecule has 2 rings (SSSR count). The average Bonchev–Trinajstić information content (AvgIpc) is 3.09.